The number of alkyl carbamates (subject to hydrolysis) is 1. The van der Waals surface area contributed by atoms with Crippen LogP contribution in [-0.2, 0) is 22.6 Å². The zero-order valence-corrected chi connectivity index (χ0v) is 19.8. The lowest BCUT2D eigenvalue weighted by atomic mass is 10.0. The lowest BCUT2D eigenvalue weighted by Crippen LogP contribution is -2.30. The summed E-state index contributed by atoms with van der Waals surface area (Å²) in [7, 11) is 1.28. The molecule has 0 spiro atoms. The Bertz CT molecular complexity index is 1020. The Balaban J connectivity index is 1.75. The van der Waals surface area contributed by atoms with Crippen molar-refractivity contribution in [2.45, 2.75) is 32.9 Å². The van der Waals surface area contributed by atoms with Crippen molar-refractivity contribution in [1.82, 2.24) is 25.6 Å². The number of aryl methyl sites for hydroxylation is 1. The Morgan fingerprint density at radius 3 is 2.64 bits per heavy atom. The first kappa shape index (κ1) is 26.1. The minimum atomic E-state index is -0.551. The summed E-state index contributed by atoms with van der Waals surface area (Å²) in [4.78, 5) is 35.4. The van der Waals surface area contributed by atoms with Crippen molar-refractivity contribution < 1.29 is 23.9 Å². The van der Waals surface area contributed by atoms with Crippen LogP contribution >= 0.6 is 23.2 Å². The van der Waals surface area contributed by atoms with Crippen LogP contribution in [0.25, 0.3) is 0 Å². The van der Waals surface area contributed by atoms with E-state index in [1.807, 2.05) is 6.92 Å². The van der Waals surface area contributed by atoms with Gasteiger partial charge in [-0.2, -0.15) is 0 Å². The topological polar surface area (TPSA) is 124 Å². The molecule has 0 saturated heterocycles. The number of aromatic nitrogens is 3. The largest absolute Gasteiger partial charge is 0.482 e. The van der Waals surface area contributed by atoms with Gasteiger partial charge in [0.2, 0.25) is 0 Å². The molecule has 1 aromatic carbocycles. The molecular formula is C21H25Cl2N5O5. The maximum atomic E-state index is 12.3. The summed E-state index contributed by atoms with van der Waals surface area (Å²) in [6.07, 6.45) is 2.24. The van der Waals surface area contributed by atoms with Crippen LogP contribution in [0.5, 0.6) is 5.75 Å². The Kier molecular flexibility index (Phi) is 10.1. The third-order valence-corrected chi connectivity index (χ3v) is 5.33. The standard InChI is InChI=1S/C21H25Cl2N5O5/c1-4-13(2)20(30)15-6-7-16(19(23)18(15)22)33-12-17(29)24-8-5-9-28-11-14(26-27-28)10-25-21(31)32-3/h6-7,11H,2,4-5,8-10,12H2,1,3H3,(H,24,29)(H,25,31). The fourth-order valence-corrected chi connectivity index (χ4v) is 3.06. The zero-order chi connectivity index (χ0) is 24.4. The smallest absolute Gasteiger partial charge is 0.407 e. The highest BCUT2D eigenvalue weighted by molar-refractivity contribution is 6.45. The van der Waals surface area contributed by atoms with Gasteiger partial charge in [0, 0.05) is 18.7 Å². The number of ketones is 1. The fraction of sp³-hybridized carbons (Fsp3) is 0.381. The van der Waals surface area contributed by atoms with Gasteiger partial charge in [-0.3, -0.25) is 14.3 Å². The van der Waals surface area contributed by atoms with Crippen LogP contribution < -0.4 is 15.4 Å². The predicted octanol–water partition coefficient (Wildman–Crippen LogP) is 3.18. The van der Waals surface area contributed by atoms with Crippen LogP contribution in [0.4, 0.5) is 4.79 Å². The van der Waals surface area contributed by atoms with Crippen molar-refractivity contribution >= 4 is 41.0 Å². The lowest BCUT2D eigenvalue weighted by Gasteiger charge is -2.12. The van der Waals surface area contributed by atoms with Gasteiger partial charge in [-0.15, -0.1) is 5.10 Å². The monoisotopic (exact) mass is 497 g/mol. The van der Waals surface area contributed by atoms with Gasteiger partial charge in [-0.05, 0) is 30.5 Å². The highest BCUT2D eigenvalue weighted by Crippen LogP contribution is 2.35. The van der Waals surface area contributed by atoms with E-state index in [9.17, 15) is 14.4 Å². The van der Waals surface area contributed by atoms with Gasteiger partial charge in [0.05, 0.1) is 24.9 Å². The third kappa shape index (κ3) is 7.76. The number of amides is 2. The Morgan fingerprint density at radius 1 is 1.18 bits per heavy atom. The number of carbonyl (C=O) groups is 3. The summed E-state index contributed by atoms with van der Waals surface area (Å²) in [5.41, 5.74) is 1.24. The molecule has 2 N–H and O–H groups in total. The van der Waals surface area contributed by atoms with Crippen LogP contribution in [-0.4, -0.2) is 53.0 Å². The molecule has 0 bridgehead atoms. The van der Waals surface area contributed by atoms with Crippen molar-refractivity contribution in [3.8, 4) is 5.75 Å². The van der Waals surface area contributed by atoms with E-state index in [0.717, 1.165) is 0 Å². The molecule has 1 heterocycles. The number of ether oxygens (including phenoxy) is 2. The molecule has 0 radical (unpaired) electrons. The van der Waals surface area contributed by atoms with E-state index in [0.29, 0.717) is 37.2 Å². The number of carbonyl (C=O) groups excluding carboxylic acids is 3. The van der Waals surface area contributed by atoms with Gasteiger partial charge in [0.25, 0.3) is 5.91 Å². The lowest BCUT2D eigenvalue weighted by molar-refractivity contribution is -0.123. The van der Waals surface area contributed by atoms with Crippen molar-refractivity contribution in [2.75, 3.05) is 20.3 Å². The van der Waals surface area contributed by atoms with E-state index in [1.165, 1.54) is 19.2 Å². The molecule has 33 heavy (non-hydrogen) atoms. The third-order valence-electron chi connectivity index (χ3n) is 4.47. The van der Waals surface area contributed by atoms with Crippen LogP contribution in [0.2, 0.25) is 10.0 Å². The molecule has 0 atom stereocenters. The van der Waals surface area contributed by atoms with Gasteiger partial charge in [-0.1, -0.05) is 41.9 Å². The van der Waals surface area contributed by atoms with E-state index < -0.39 is 6.09 Å². The molecule has 12 heteroatoms. The van der Waals surface area contributed by atoms with E-state index in [-0.39, 0.29) is 46.2 Å². The molecule has 178 valence electrons. The molecule has 0 aliphatic heterocycles. The van der Waals surface area contributed by atoms with Crippen LogP contribution in [0.15, 0.2) is 30.5 Å². The molecule has 0 aliphatic rings. The quantitative estimate of drug-likeness (QED) is 0.262. The first-order valence-corrected chi connectivity index (χ1v) is 10.8. The van der Waals surface area contributed by atoms with Gasteiger partial charge in [-0.25, -0.2) is 4.79 Å². The Morgan fingerprint density at radius 2 is 1.94 bits per heavy atom. The molecule has 2 aromatic rings. The highest BCUT2D eigenvalue weighted by Gasteiger charge is 2.18. The number of Topliss-reactive ketones (excluding diaryl/α,β-unsaturated/α-hetero) is 1. The van der Waals surface area contributed by atoms with E-state index in [4.69, 9.17) is 27.9 Å². The molecular weight excluding hydrogens is 473 g/mol. The highest BCUT2D eigenvalue weighted by atomic mass is 35.5. The van der Waals surface area contributed by atoms with Crippen molar-refractivity contribution in [2.24, 2.45) is 0 Å². The number of nitrogens with zero attached hydrogens (tertiary/aromatic N) is 3. The summed E-state index contributed by atoms with van der Waals surface area (Å²) >= 11 is 12.4. The second-order valence-electron chi connectivity index (χ2n) is 6.84. The van der Waals surface area contributed by atoms with Gasteiger partial charge >= 0.3 is 6.09 Å². The first-order valence-electron chi connectivity index (χ1n) is 10.1. The van der Waals surface area contributed by atoms with Gasteiger partial charge in [0.15, 0.2) is 12.4 Å². The minimum Gasteiger partial charge on any atom is -0.482 e. The summed E-state index contributed by atoms with van der Waals surface area (Å²) in [5.74, 6) is -0.428. The molecule has 2 rings (SSSR count). The Labute approximate surface area is 201 Å². The minimum absolute atomic E-state index is 0.0582. The second-order valence-corrected chi connectivity index (χ2v) is 7.59. The molecule has 1 aromatic heterocycles. The van der Waals surface area contributed by atoms with Crippen molar-refractivity contribution in [3.05, 3.63) is 51.8 Å². The van der Waals surface area contributed by atoms with Crippen LogP contribution in [0, 0.1) is 0 Å². The number of hydrogen-bond acceptors (Lipinski definition) is 7. The van der Waals surface area contributed by atoms with Crippen LogP contribution in [0.3, 0.4) is 0 Å². The Hall–Kier alpha value is -3.11. The molecule has 0 fully saturated rings. The SMILES string of the molecule is C=C(CC)C(=O)c1ccc(OCC(=O)NCCCn2cc(CNC(=O)OC)nn2)c(Cl)c1Cl. The summed E-state index contributed by atoms with van der Waals surface area (Å²) in [6, 6.07) is 2.99. The number of methoxy groups -OCH3 is 1. The van der Waals surface area contributed by atoms with E-state index in [2.05, 4.69) is 32.3 Å². The molecule has 0 aliphatic carbocycles. The number of benzene rings is 1. The predicted molar refractivity (Wildman–Crippen MR) is 123 cm³/mol. The average molecular weight is 498 g/mol. The summed E-state index contributed by atoms with van der Waals surface area (Å²) in [5, 5.41) is 13.2. The first-order chi connectivity index (χ1) is 15.8. The maximum absolute atomic E-state index is 12.3. The normalized spacial score (nSPS) is 10.4. The fourth-order valence-electron chi connectivity index (χ4n) is 2.60. The maximum Gasteiger partial charge on any atom is 0.407 e. The summed E-state index contributed by atoms with van der Waals surface area (Å²) in [6.45, 7) is 6.38. The van der Waals surface area contributed by atoms with Crippen molar-refractivity contribution in [1.29, 1.82) is 0 Å². The zero-order valence-electron chi connectivity index (χ0n) is 18.3. The second kappa shape index (κ2) is 12.8. The molecule has 2 amide bonds. The van der Waals surface area contributed by atoms with Gasteiger partial charge < -0.3 is 20.1 Å². The number of rotatable bonds is 12. The number of nitrogens with one attached hydrogen (secondary N) is 2. The average Bonchev–Trinajstić information content (AvgIpc) is 3.27. The van der Waals surface area contributed by atoms with E-state index in [1.54, 1.807) is 10.9 Å². The van der Waals surface area contributed by atoms with Crippen molar-refractivity contribution in [3.63, 3.8) is 0 Å². The number of hydrogen-bond donors (Lipinski definition) is 2. The summed E-state index contributed by atoms with van der Waals surface area (Å²) < 4.78 is 11.5. The van der Waals surface area contributed by atoms with Crippen LogP contribution in [0.1, 0.15) is 35.8 Å². The molecule has 0 saturated carbocycles. The van der Waals surface area contributed by atoms with Gasteiger partial charge in [0.1, 0.15) is 16.5 Å². The number of halogens is 2. The molecule has 10 nitrogen and oxygen atoms in total. The number of allylic oxidation sites excluding steroid dienone is 1. The van der Waals surface area contributed by atoms with E-state index >= 15 is 0 Å². The molecule has 0 unspecified atom stereocenters.